The lowest BCUT2D eigenvalue weighted by molar-refractivity contribution is -0.165. The van der Waals surface area contributed by atoms with E-state index in [0.29, 0.717) is 0 Å². The summed E-state index contributed by atoms with van der Waals surface area (Å²) in [5.74, 6) is -1.42. The zero-order valence-electron chi connectivity index (χ0n) is 5.10. The van der Waals surface area contributed by atoms with E-state index in [4.69, 9.17) is 5.11 Å². The summed E-state index contributed by atoms with van der Waals surface area (Å²) >= 11 is 0. The van der Waals surface area contributed by atoms with E-state index in [1.165, 1.54) is 0 Å². The van der Waals surface area contributed by atoms with Gasteiger partial charge in [-0.25, -0.2) is 8.78 Å². The van der Waals surface area contributed by atoms with Crippen LogP contribution < -0.4 is 5.32 Å². The van der Waals surface area contributed by atoms with Crippen molar-refractivity contribution in [3.63, 3.8) is 0 Å². The molecular formula is C5H7F2NO2. The van der Waals surface area contributed by atoms with E-state index in [-0.39, 0.29) is 13.1 Å². The van der Waals surface area contributed by atoms with Gasteiger partial charge in [-0.1, -0.05) is 0 Å². The molecule has 0 aromatic carbocycles. The Morgan fingerprint density at radius 1 is 1.60 bits per heavy atom. The molecule has 58 valence electrons. The number of nitrogens with one attached hydrogen (secondary N) is 1. The van der Waals surface area contributed by atoms with Crippen molar-refractivity contribution < 1.29 is 18.7 Å². The van der Waals surface area contributed by atoms with Crippen molar-refractivity contribution in [2.45, 2.75) is 6.43 Å². The van der Waals surface area contributed by atoms with Crippen molar-refractivity contribution in [1.82, 2.24) is 5.32 Å². The van der Waals surface area contributed by atoms with E-state index in [0.717, 1.165) is 0 Å². The number of halogens is 2. The number of alkyl halides is 2. The van der Waals surface area contributed by atoms with Gasteiger partial charge in [-0.2, -0.15) is 0 Å². The van der Waals surface area contributed by atoms with Gasteiger partial charge in [0.2, 0.25) is 0 Å². The van der Waals surface area contributed by atoms with Gasteiger partial charge in [0.25, 0.3) is 6.43 Å². The van der Waals surface area contributed by atoms with Crippen molar-refractivity contribution in [3.8, 4) is 0 Å². The molecule has 0 saturated carbocycles. The highest BCUT2D eigenvalue weighted by Gasteiger charge is 2.52. The van der Waals surface area contributed by atoms with Crippen LogP contribution in [-0.2, 0) is 4.79 Å². The lowest BCUT2D eigenvalue weighted by Gasteiger charge is -2.37. The van der Waals surface area contributed by atoms with E-state index >= 15 is 0 Å². The van der Waals surface area contributed by atoms with Gasteiger partial charge in [-0.05, 0) is 0 Å². The van der Waals surface area contributed by atoms with Gasteiger partial charge in [0.1, 0.15) is 0 Å². The van der Waals surface area contributed by atoms with Crippen LogP contribution in [0.1, 0.15) is 0 Å². The van der Waals surface area contributed by atoms with Crippen LogP contribution >= 0.6 is 0 Å². The van der Waals surface area contributed by atoms with Crippen LogP contribution in [0.2, 0.25) is 0 Å². The first-order chi connectivity index (χ1) is 4.59. The van der Waals surface area contributed by atoms with Crippen molar-refractivity contribution >= 4 is 5.97 Å². The molecule has 0 spiro atoms. The lowest BCUT2D eigenvalue weighted by atomic mass is 9.82. The minimum Gasteiger partial charge on any atom is -0.481 e. The Bertz CT molecular complexity index is 156. The van der Waals surface area contributed by atoms with E-state index in [1.54, 1.807) is 0 Å². The zero-order chi connectivity index (χ0) is 7.78. The maximum atomic E-state index is 12.0. The fraction of sp³-hybridized carbons (Fsp3) is 0.800. The van der Waals surface area contributed by atoms with E-state index in [9.17, 15) is 13.6 Å². The molecule has 0 aromatic rings. The van der Waals surface area contributed by atoms with Crippen molar-refractivity contribution in [2.24, 2.45) is 5.41 Å². The Morgan fingerprint density at radius 3 is 2.10 bits per heavy atom. The molecule has 0 atom stereocenters. The summed E-state index contributed by atoms with van der Waals surface area (Å²) in [4.78, 5) is 10.2. The maximum absolute atomic E-state index is 12.0. The largest absolute Gasteiger partial charge is 0.481 e. The van der Waals surface area contributed by atoms with Gasteiger partial charge in [-0.3, -0.25) is 4.79 Å². The third kappa shape index (κ3) is 0.775. The Hall–Kier alpha value is -0.710. The minimum absolute atomic E-state index is 0.125. The van der Waals surface area contributed by atoms with Crippen LogP contribution in [0.25, 0.3) is 0 Å². The van der Waals surface area contributed by atoms with E-state index in [2.05, 4.69) is 5.32 Å². The monoisotopic (exact) mass is 151 g/mol. The second-order valence-electron chi connectivity index (χ2n) is 2.37. The van der Waals surface area contributed by atoms with Gasteiger partial charge < -0.3 is 10.4 Å². The fourth-order valence-corrected chi connectivity index (χ4v) is 0.793. The summed E-state index contributed by atoms with van der Waals surface area (Å²) in [6.07, 6.45) is -2.77. The summed E-state index contributed by atoms with van der Waals surface area (Å²) in [5, 5.41) is 10.8. The number of rotatable bonds is 2. The third-order valence-electron chi connectivity index (χ3n) is 1.72. The molecule has 1 saturated heterocycles. The Balaban J connectivity index is 2.68. The number of aliphatic carboxylic acids is 1. The molecule has 0 radical (unpaired) electrons. The summed E-state index contributed by atoms with van der Waals surface area (Å²) in [7, 11) is 0. The van der Waals surface area contributed by atoms with Gasteiger partial charge in [0.05, 0.1) is 0 Å². The predicted octanol–water partition coefficient (Wildman–Crippen LogP) is -0.0743. The second-order valence-corrected chi connectivity index (χ2v) is 2.37. The van der Waals surface area contributed by atoms with Crippen LogP contribution in [0.3, 0.4) is 0 Å². The number of carboxylic acid groups (broad SMARTS) is 1. The Labute approximate surface area is 56.0 Å². The number of hydrogen-bond acceptors (Lipinski definition) is 2. The molecule has 5 heteroatoms. The summed E-state index contributed by atoms with van der Waals surface area (Å²) in [5.41, 5.74) is -1.81. The summed E-state index contributed by atoms with van der Waals surface area (Å²) in [6.45, 7) is -0.250. The van der Waals surface area contributed by atoms with Crippen molar-refractivity contribution in [3.05, 3.63) is 0 Å². The fourth-order valence-electron chi connectivity index (χ4n) is 0.793. The highest BCUT2D eigenvalue weighted by Crippen LogP contribution is 2.30. The number of carbonyl (C=O) groups is 1. The highest BCUT2D eigenvalue weighted by molar-refractivity contribution is 5.77. The Morgan fingerprint density at radius 2 is 2.10 bits per heavy atom. The van der Waals surface area contributed by atoms with Gasteiger partial charge >= 0.3 is 5.97 Å². The molecule has 1 fully saturated rings. The van der Waals surface area contributed by atoms with Crippen molar-refractivity contribution in [2.75, 3.05) is 13.1 Å². The highest BCUT2D eigenvalue weighted by atomic mass is 19.3. The maximum Gasteiger partial charge on any atom is 0.318 e. The molecule has 0 aliphatic carbocycles. The molecule has 0 aromatic heterocycles. The average Bonchev–Trinajstić information content (AvgIpc) is 1.57. The van der Waals surface area contributed by atoms with Gasteiger partial charge in [-0.15, -0.1) is 0 Å². The topological polar surface area (TPSA) is 49.3 Å². The van der Waals surface area contributed by atoms with E-state index < -0.39 is 17.8 Å². The summed E-state index contributed by atoms with van der Waals surface area (Å²) in [6, 6.07) is 0. The first-order valence-corrected chi connectivity index (χ1v) is 2.82. The van der Waals surface area contributed by atoms with Crippen LogP contribution in [0.5, 0.6) is 0 Å². The molecular weight excluding hydrogens is 144 g/mol. The number of carboxylic acids is 1. The minimum atomic E-state index is -2.77. The Kier molecular flexibility index (Phi) is 1.60. The molecule has 3 nitrogen and oxygen atoms in total. The predicted molar refractivity (Wildman–Crippen MR) is 28.9 cm³/mol. The first kappa shape index (κ1) is 7.40. The van der Waals surface area contributed by atoms with E-state index in [1.807, 2.05) is 0 Å². The molecule has 0 amide bonds. The molecule has 1 heterocycles. The molecule has 10 heavy (non-hydrogen) atoms. The summed E-state index contributed by atoms with van der Waals surface area (Å²) < 4.78 is 23.9. The molecule has 0 bridgehead atoms. The molecule has 1 rings (SSSR count). The van der Waals surface area contributed by atoms with Crippen LogP contribution in [-0.4, -0.2) is 30.6 Å². The van der Waals surface area contributed by atoms with Crippen molar-refractivity contribution in [1.29, 1.82) is 0 Å². The lowest BCUT2D eigenvalue weighted by Crippen LogP contribution is -2.62. The number of hydrogen-bond donors (Lipinski definition) is 2. The zero-order valence-corrected chi connectivity index (χ0v) is 5.10. The average molecular weight is 151 g/mol. The van der Waals surface area contributed by atoms with Gasteiger partial charge in [0, 0.05) is 13.1 Å². The quantitative estimate of drug-likeness (QED) is 0.580. The molecule has 1 aliphatic rings. The third-order valence-corrected chi connectivity index (χ3v) is 1.72. The molecule has 2 N–H and O–H groups in total. The standard InChI is InChI=1S/C5H7F2NO2/c6-3(7)5(4(9)10)1-8-2-5/h3,8H,1-2H2,(H,9,10). The van der Waals surface area contributed by atoms with Crippen LogP contribution in [0.4, 0.5) is 8.78 Å². The second kappa shape index (κ2) is 2.16. The van der Waals surface area contributed by atoms with Crippen LogP contribution in [0, 0.1) is 5.41 Å². The first-order valence-electron chi connectivity index (χ1n) is 2.82. The molecule has 1 aliphatic heterocycles. The van der Waals surface area contributed by atoms with Gasteiger partial charge in [0.15, 0.2) is 5.41 Å². The SMILES string of the molecule is O=C(O)C1(C(F)F)CNC1. The van der Waals surface area contributed by atoms with Crippen LogP contribution in [0.15, 0.2) is 0 Å². The smallest absolute Gasteiger partial charge is 0.318 e. The molecule has 0 unspecified atom stereocenters. The normalized spacial score (nSPS) is 22.3.